The molecule has 1 N–H and O–H groups in total. The maximum Gasteiger partial charge on any atom is 0.271 e. The van der Waals surface area contributed by atoms with Crippen molar-refractivity contribution in [2.75, 3.05) is 5.43 Å². The Morgan fingerprint density at radius 2 is 1.47 bits per heavy atom. The Bertz CT molecular complexity index is 1250. The van der Waals surface area contributed by atoms with Crippen molar-refractivity contribution in [2.45, 2.75) is 19.5 Å². The molecule has 0 unspecified atom stereocenters. The number of benzene rings is 3. The van der Waals surface area contributed by atoms with Crippen LogP contribution in [0.15, 0.2) is 91.1 Å². The van der Waals surface area contributed by atoms with E-state index in [-0.39, 0.29) is 11.8 Å². The van der Waals surface area contributed by atoms with Crippen molar-refractivity contribution < 1.29 is 9.59 Å². The second-order valence-corrected chi connectivity index (χ2v) is 7.82. The van der Waals surface area contributed by atoms with E-state index in [1.807, 2.05) is 72.8 Å². The van der Waals surface area contributed by atoms with Gasteiger partial charge in [-0.1, -0.05) is 72.8 Å². The minimum Gasteiger partial charge on any atom is -0.332 e. The van der Waals surface area contributed by atoms with Crippen LogP contribution in [0, 0.1) is 0 Å². The van der Waals surface area contributed by atoms with Crippen LogP contribution in [0.3, 0.4) is 0 Å². The fourth-order valence-corrected chi connectivity index (χ4v) is 3.91. The van der Waals surface area contributed by atoms with Crippen molar-refractivity contribution >= 4 is 11.8 Å². The van der Waals surface area contributed by atoms with Gasteiger partial charge in [-0.15, -0.1) is 0 Å². The van der Waals surface area contributed by atoms with Gasteiger partial charge >= 0.3 is 0 Å². The molecule has 0 aliphatic carbocycles. The number of hydrogen-bond acceptors (Lipinski definition) is 3. The number of aromatic nitrogens is 2. The lowest BCUT2D eigenvalue weighted by atomic mass is 10.0. The molecular formula is C26H22N4O2. The first kappa shape index (κ1) is 19.8. The molecular weight excluding hydrogens is 400 g/mol. The number of rotatable bonds is 5. The topological polar surface area (TPSA) is 67.2 Å². The van der Waals surface area contributed by atoms with Gasteiger partial charge in [0.15, 0.2) is 0 Å². The average Bonchev–Trinajstić information content (AvgIpc) is 3.42. The van der Waals surface area contributed by atoms with E-state index in [9.17, 15) is 9.59 Å². The molecule has 2 amide bonds. The van der Waals surface area contributed by atoms with E-state index in [2.05, 4.69) is 10.5 Å². The summed E-state index contributed by atoms with van der Waals surface area (Å²) in [6.45, 7) is 0.927. The first-order valence-electron chi connectivity index (χ1n) is 10.5. The summed E-state index contributed by atoms with van der Waals surface area (Å²) < 4.78 is 0. The average molecular weight is 422 g/mol. The zero-order valence-corrected chi connectivity index (χ0v) is 17.4. The Morgan fingerprint density at radius 1 is 0.812 bits per heavy atom. The van der Waals surface area contributed by atoms with E-state index in [1.165, 1.54) is 4.79 Å². The Balaban J connectivity index is 1.25. The minimum absolute atomic E-state index is 0.0572. The molecule has 3 aromatic carbocycles. The zero-order chi connectivity index (χ0) is 21.9. The quantitative estimate of drug-likeness (QED) is 0.528. The van der Waals surface area contributed by atoms with Gasteiger partial charge in [0.25, 0.3) is 5.91 Å². The zero-order valence-electron chi connectivity index (χ0n) is 17.4. The molecule has 6 nitrogen and oxygen atoms in total. The highest BCUT2D eigenvalue weighted by molar-refractivity contribution is 6.00. The van der Waals surface area contributed by atoms with Gasteiger partial charge in [0.2, 0.25) is 5.91 Å². The number of carbonyl (C=O) groups excluding carboxylic acids is 2. The third-order valence-corrected chi connectivity index (χ3v) is 5.67. The summed E-state index contributed by atoms with van der Waals surface area (Å²) in [4.78, 5) is 28.7. The maximum absolute atomic E-state index is 12.8. The molecule has 1 aromatic heterocycles. The molecule has 2 heterocycles. The standard InChI is InChI=1S/C26H22N4O2/c31-25(15-19-7-3-1-4-8-19)29-17-23-16-27-30(24(23)18-29)28-26(32)22-13-11-21(12-14-22)20-9-5-2-6-10-20/h1-14,16H,15,17-18H2,(H,28,32). The molecule has 4 aromatic rings. The highest BCUT2D eigenvalue weighted by Crippen LogP contribution is 2.23. The van der Waals surface area contributed by atoms with Crippen molar-refractivity contribution in [1.29, 1.82) is 0 Å². The number of fused-ring (bicyclic) bond motifs is 1. The first-order valence-corrected chi connectivity index (χ1v) is 10.5. The van der Waals surface area contributed by atoms with E-state index in [4.69, 9.17) is 0 Å². The van der Waals surface area contributed by atoms with Crippen LogP contribution in [0.1, 0.15) is 27.2 Å². The first-order chi connectivity index (χ1) is 15.7. The second-order valence-electron chi connectivity index (χ2n) is 7.82. The van der Waals surface area contributed by atoms with Crippen molar-refractivity contribution in [3.8, 4) is 11.1 Å². The van der Waals surface area contributed by atoms with E-state index in [0.717, 1.165) is 27.9 Å². The molecule has 0 atom stereocenters. The van der Waals surface area contributed by atoms with E-state index < -0.39 is 0 Å². The van der Waals surface area contributed by atoms with Crippen molar-refractivity contribution in [3.05, 3.63) is 114 Å². The molecule has 158 valence electrons. The van der Waals surface area contributed by atoms with Gasteiger partial charge in [0.1, 0.15) is 0 Å². The lowest BCUT2D eigenvalue weighted by Gasteiger charge is -2.16. The summed E-state index contributed by atoms with van der Waals surface area (Å²) >= 11 is 0. The predicted molar refractivity (Wildman–Crippen MR) is 122 cm³/mol. The molecule has 1 aliphatic heterocycles. The summed E-state index contributed by atoms with van der Waals surface area (Å²) in [6.07, 6.45) is 2.07. The Morgan fingerprint density at radius 3 is 2.19 bits per heavy atom. The van der Waals surface area contributed by atoms with Crippen LogP contribution < -0.4 is 5.43 Å². The smallest absolute Gasteiger partial charge is 0.271 e. The molecule has 32 heavy (non-hydrogen) atoms. The molecule has 0 fully saturated rings. The van der Waals surface area contributed by atoms with Crippen LogP contribution in [-0.2, 0) is 24.3 Å². The van der Waals surface area contributed by atoms with Crippen molar-refractivity contribution in [2.24, 2.45) is 0 Å². The molecule has 5 rings (SSSR count). The number of amides is 2. The molecule has 0 bridgehead atoms. The summed E-state index contributed by atoms with van der Waals surface area (Å²) in [5.41, 5.74) is 8.31. The molecule has 0 saturated heterocycles. The summed E-state index contributed by atoms with van der Waals surface area (Å²) in [7, 11) is 0. The van der Waals surface area contributed by atoms with Crippen LogP contribution in [0.5, 0.6) is 0 Å². The predicted octanol–water partition coefficient (Wildman–Crippen LogP) is 4.02. The fraction of sp³-hybridized carbons (Fsp3) is 0.115. The molecule has 0 radical (unpaired) electrons. The lowest BCUT2D eigenvalue weighted by Crippen LogP contribution is -2.30. The number of hydrogen-bond donors (Lipinski definition) is 1. The number of nitrogens with zero attached hydrogens (tertiary/aromatic N) is 3. The van der Waals surface area contributed by atoms with Gasteiger partial charge in [-0.2, -0.15) is 9.89 Å². The Kier molecular flexibility index (Phi) is 5.25. The fourth-order valence-electron chi connectivity index (χ4n) is 3.91. The Hall–Kier alpha value is -4.19. The largest absolute Gasteiger partial charge is 0.332 e. The third kappa shape index (κ3) is 4.03. The van der Waals surface area contributed by atoms with Gasteiger partial charge in [-0.3, -0.25) is 9.59 Å². The normalized spacial score (nSPS) is 12.4. The summed E-state index contributed by atoms with van der Waals surface area (Å²) in [5.74, 6) is -0.189. The highest BCUT2D eigenvalue weighted by Gasteiger charge is 2.28. The summed E-state index contributed by atoms with van der Waals surface area (Å²) in [5, 5.41) is 4.29. The molecule has 6 heteroatoms. The van der Waals surface area contributed by atoms with Crippen LogP contribution in [0.4, 0.5) is 0 Å². The SMILES string of the molecule is O=C(Nn1ncc2c1CN(C(=O)Cc1ccccc1)C2)c1ccc(-c2ccccc2)cc1. The van der Waals surface area contributed by atoms with Gasteiger partial charge in [-0.05, 0) is 28.8 Å². The van der Waals surface area contributed by atoms with E-state index in [1.54, 1.807) is 23.2 Å². The molecule has 1 aliphatic rings. The highest BCUT2D eigenvalue weighted by atomic mass is 16.2. The van der Waals surface area contributed by atoms with Crippen molar-refractivity contribution in [1.82, 2.24) is 14.8 Å². The lowest BCUT2D eigenvalue weighted by molar-refractivity contribution is -0.131. The van der Waals surface area contributed by atoms with Crippen LogP contribution in [-0.4, -0.2) is 26.6 Å². The van der Waals surface area contributed by atoms with Crippen LogP contribution in [0.2, 0.25) is 0 Å². The van der Waals surface area contributed by atoms with Gasteiger partial charge in [0, 0.05) is 17.7 Å². The van der Waals surface area contributed by atoms with E-state index in [0.29, 0.717) is 25.1 Å². The van der Waals surface area contributed by atoms with Gasteiger partial charge in [0.05, 0.1) is 24.9 Å². The van der Waals surface area contributed by atoms with Crippen LogP contribution >= 0.6 is 0 Å². The van der Waals surface area contributed by atoms with Gasteiger partial charge < -0.3 is 4.90 Å². The number of nitrogens with one attached hydrogen (secondary N) is 1. The Labute approximate surface area is 186 Å². The minimum atomic E-state index is -0.246. The van der Waals surface area contributed by atoms with Crippen molar-refractivity contribution in [3.63, 3.8) is 0 Å². The van der Waals surface area contributed by atoms with Gasteiger partial charge in [-0.25, -0.2) is 5.43 Å². The molecule has 0 spiro atoms. The molecule has 0 saturated carbocycles. The van der Waals surface area contributed by atoms with E-state index >= 15 is 0 Å². The second kappa shape index (κ2) is 8.51. The maximum atomic E-state index is 12.8. The third-order valence-electron chi connectivity index (χ3n) is 5.67. The summed E-state index contributed by atoms with van der Waals surface area (Å²) in [6, 6.07) is 27.2. The monoisotopic (exact) mass is 422 g/mol. The van der Waals surface area contributed by atoms with Crippen LogP contribution in [0.25, 0.3) is 11.1 Å². The number of carbonyl (C=O) groups is 2.